The van der Waals surface area contributed by atoms with Crippen LogP contribution in [-0.4, -0.2) is 25.2 Å². The van der Waals surface area contributed by atoms with Crippen LogP contribution in [0.3, 0.4) is 0 Å². The van der Waals surface area contributed by atoms with Crippen molar-refractivity contribution in [1.82, 2.24) is 0 Å². The summed E-state index contributed by atoms with van der Waals surface area (Å²) in [5.41, 5.74) is 0. The van der Waals surface area contributed by atoms with Gasteiger partial charge >= 0.3 is 11.9 Å². The van der Waals surface area contributed by atoms with Gasteiger partial charge in [-0.3, -0.25) is 9.59 Å². The fourth-order valence-corrected chi connectivity index (χ4v) is 3.65. The SMILES string of the molecule is CCCCOC(=O)C1CCC(C(=O)OCCCCCCCCC(C)C)CC1. The lowest BCUT2D eigenvalue weighted by molar-refractivity contribution is -0.155. The minimum absolute atomic E-state index is 0.0263. The van der Waals surface area contributed by atoms with Gasteiger partial charge in [-0.2, -0.15) is 0 Å². The van der Waals surface area contributed by atoms with Crippen molar-refractivity contribution in [2.75, 3.05) is 13.2 Å². The van der Waals surface area contributed by atoms with E-state index in [4.69, 9.17) is 9.47 Å². The Bertz CT molecular complexity index is 397. The van der Waals surface area contributed by atoms with E-state index in [9.17, 15) is 9.59 Å². The van der Waals surface area contributed by atoms with Gasteiger partial charge in [0.25, 0.3) is 0 Å². The smallest absolute Gasteiger partial charge is 0.308 e. The molecule has 158 valence electrons. The van der Waals surface area contributed by atoms with Crippen molar-refractivity contribution >= 4 is 11.9 Å². The molecule has 0 heterocycles. The van der Waals surface area contributed by atoms with Crippen LogP contribution in [0, 0.1) is 17.8 Å². The van der Waals surface area contributed by atoms with Crippen molar-refractivity contribution in [2.45, 2.75) is 104 Å². The zero-order chi connectivity index (χ0) is 19.9. The van der Waals surface area contributed by atoms with Crippen LogP contribution in [0.1, 0.15) is 104 Å². The molecule has 0 amide bonds. The third-order valence-corrected chi connectivity index (χ3v) is 5.56. The minimum Gasteiger partial charge on any atom is -0.465 e. The van der Waals surface area contributed by atoms with Crippen molar-refractivity contribution in [2.24, 2.45) is 17.8 Å². The number of hydrogen-bond donors (Lipinski definition) is 0. The average molecular weight is 383 g/mol. The number of carbonyl (C=O) groups excluding carboxylic acids is 2. The summed E-state index contributed by atoms with van der Waals surface area (Å²) in [7, 11) is 0. The fourth-order valence-electron chi connectivity index (χ4n) is 3.65. The molecule has 0 bridgehead atoms. The fraction of sp³-hybridized carbons (Fsp3) is 0.913. The zero-order valence-corrected chi connectivity index (χ0v) is 18.0. The predicted octanol–water partition coefficient (Wildman–Crippen LogP) is 6.07. The number of carbonyl (C=O) groups is 2. The first-order valence-corrected chi connectivity index (χ1v) is 11.4. The Balaban J connectivity index is 2.01. The molecule has 1 aliphatic carbocycles. The van der Waals surface area contributed by atoms with E-state index in [0.717, 1.165) is 57.3 Å². The maximum atomic E-state index is 12.2. The van der Waals surface area contributed by atoms with Crippen LogP contribution in [0.2, 0.25) is 0 Å². The Morgan fingerprint density at radius 1 is 0.741 bits per heavy atom. The summed E-state index contributed by atoms with van der Waals surface area (Å²) in [5, 5.41) is 0. The summed E-state index contributed by atoms with van der Waals surface area (Å²) < 4.78 is 10.8. The summed E-state index contributed by atoms with van der Waals surface area (Å²) in [6, 6.07) is 0. The third kappa shape index (κ3) is 11.4. The van der Waals surface area contributed by atoms with Crippen LogP contribution in [0.5, 0.6) is 0 Å². The molecule has 0 spiro atoms. The molecule has 0 aromatic heterocycles. The Kier molecular flexibility index (Phi) is 13.3. The molecule has 0 aromatic carbocycles. The lowest BCUT2D eigenvalue weighted by atomic mass is 9.82. The number of rotatable bonds is 14. The highest BCUT2D eigenvalue weighted by molar-refractivity contribution is 5.75. The minimum atomic E-state index is -0.0799. The predicted molar refractivity (Wildman–Crippen MR) is 109 cm³/mol. The molecule has 27 heavy (non-hydrogen) atoms. The van der Waals surface area contributed by atoms with Crippen molar-refractivity contribution in [3.05, 3.63) is 0 Å². The molecular formula is C23H42O4. The van der Waals surface area contributed by atoms with Crippen molar-refractivity contribution < 1.29 is 19.1 Å². The molecule has 4 nitrogen and oxygen atoms in total. The highest BCUT2D eigenvalue weighted by Crippen LogP contribution is 2.30. The standard InChI is InChI=1S/C23H42O4/c1-4-5-17-26-22(24)20-13-15-21(16-14-20)23(25)27-18-11-9-7-6-8-10-12-19(2)3/h19-21H,4-18H2,1-3H3. The highest BCUT2D eigenvalue weighted by atomic mass is 16.5. The first-order valence-electron chi connectivity index (χ1n) is 11.4. The largest absolute Gasteiger partial charge is 0.465 e. The maximum Gasteiger partial charge on any atom is 0.308 e. The van der Waals surface area contributed by atoms with E-state index in [1.165, 1.54) is 32.1 Å². The Hall–Kier alpha value is -1.06. The van der Waals surface area contributed by atoms with E-state index in [2.05, 4.69) is 20.8 Å². The monoisotopic (exact) mass is 382 g/mol. The molecule has 0 aliphatic heterocycles. The normalized spacial score (nSPS) is 19.9. The first-order chi connectivity index (χ1) is 13.0. The lowest BCUT2D eigenvalue weighted by Crippen LogP contribution is -2.28. The summed E-state index contributed by atoms with van der Waals surface area (Å²) in [6.07, 6.45) is 13.6. The Morgan fingerprint density at radius 3 is 1.67 bits per heavy atom. The second-order valence-electron chi connectivity index (χ2n) is 8.54. The molecule has 0 saturated heterocycles. The third-order valence-electron chi connectivity index (χ3n) is 5.56. The highest BCUT2D eigenvalue weighted by Gasteiger charge is 2.31. The molecule has 1 saturated carbocycles. The van der Waals surface area contributed by atoms with Gasteiger partial charge in [0.1, 0.15) is 0 Å². The number of esters is 2. The average Bonchev–Trinajstić information content (AvgIpc) is 2.66. The van der Waals surface area contributed by atoms with Crippen molar-refractivity contribution in [3.63, 3.8) is 0 Å². The summed E-state index contributed by atoms with van der Waals surface area (Å²) >= 11 is 0. The van der Waals surface area contributed by atoms with Gasteiger partial charge in [-0.25, -0.2) is 0 Å². The van der Waals surface area contributed by atoms with Gasteiger partial charge in [0, 0.05) is 0 Å². The quantitative estimate of drug-likeness (QED) is 0.270. The molecule has 0 radical (unpaired) electrons. The van der Waals surface area contributed by atoms with Gasteiger partial charge in [0.05, 0.1) is 25.0 Å². The van der Waals surface area contributed by atoms with E-state index in [1.54, 1.807) is 0 Å². The van der Waals surface area contributed by atoms with E-state index < -0.39 is 0 Å². The van der Waals surface area contributed by atoms with Crippen LogP contribution < -0.4 is 0 Å². The zero-order valence-electron chi connectivity index (χ0n) is 18.0. The van der Waals surface area contributed by atoms with Gasteiger partial charge in [-0.15, -0.1) is 0 Å². The van der Waals surface area contributed by atoms with Gasteiger partial charge in [0.15, 0.2) is 0 Å². The molecule has 1 aliphatic rings. The summed E-state index contributed by atoms with van der Waals surface area (Å²) in [5.74, 6) is 0.613. The second kappa shape index (κ2) is 14.9. The van der Waals surface area contributed by atoms with Crippen LogP contribution in [-0.2, 0) is 19.1 Å². The first kappa shape index (κ1) is 24.0. The second-order valence-corrected chi connectivity index (χ2v) is 8.54. The Labute approximate surface area is 166 Å². The molecule has 1 rings (SSSR count). The van der Waals surface area contributed by atoms with Crippen LogP contribution >= 0.6 is 0 Å². The molecule has 0 unspecified atom stereocenters. The van der Waals surface area contributed by atoms with E-state index >= 15 is 0 Å². The molecule has 0 aromatic rings. The van der Waals surface area contributed by atoms with Gasteiger partial charge < -0.3 is 9.47 Å². The molecule has 0 N–H and O–H groups in total. The number of hydrogen-bond acceptors (Lipinski definition) is 4. The molecule has 1 fully saturated rings. The Morgan fingerprint density at radius 2 is 1.19 bits per heavy atom. The molecule has 0 atom stereocenters. The van der Waals surface area contributed by atoms with E-state index in [-0.39, 0.29) is 23.8 Å². The van der Waals surface area contributed by atoms with E-state index in [0.29, 0.717) is 13.2 Å². The van der Waals surface area contributed by atoms with Gasteiger partial charge in [0.2, 0.25) is 0 Å². The maximum absolute atomic E-state index is 12.2. The van der Waals surface area contributed by atoms with E-state index in [1.807, 2.05) is 0 Å². The molecular weight excluding hydrogens is 340 g/mol. The molecule has 4 heteroatoms. The van der Waals surface area contributed by atoms with Crippen LogP contribution in [0.15, 0.2) is 0 Å². The summed E-state index contributed by atoms with van der Waals surface area (Å²) in [4.78, 5) is 24.2. The van der Waals surface area contributed by atoms with Crippen molar-refractivity contribution in [3.8, 4) is 0 Å². The van der Waals surface area contributed by atoms with Gasteiger partial charge in [-0.05, 0) is 44.4 Å². The van der Waals surface area contributed by atoms with Crippen LogP contribution in [0.4, 0.5) is 0 Å². The van der Waals surface area contributed by atoms with Gasteiger partial charge in [-0.1, -0.05) is 65.7 Å². The summed E-state index contributed by atoms with van der Waals surface area (Å²) in [6.45, 7) is 7.71. The lowest BCUT2D eigenvalue weighted by Gasteiger charge is -2.26. The number of ether oxygens (including phenoxy) is 2. The van der Waals surface area contributed by atoms with Crippen LogP contribution in [0.25, 0.3) is 0 Å². The topological polar surface area (TPSA) is 52.6 Å². The van der Waals surface area contributed by atoms with Crippen molar-refractivity contribution in [1.29, 1.82) is 0 Å². The number of unbranched alkanes of at least 4 members (excludes halogenated alkanes) is 6.